The third-order valence-corrected chi connectivity index (χ3v) is 4.93. The molecule has 1 fully saturated rings. The summed E-state index contributed by atoms with van der Waals surface area (Å²) in [5.41, 5.74) is 1.11. The molecule has 152 valence electrons. The summed E-state index contributed by atoms with van der Waals surface area (Å²) in [6.07, 6.45) is 4.23. The molecule has 10 nitrogen and oxygen atoms in total. The van der Waals surface area contributed by atoms with E-state index in [4.69, 9.17) is 9.68 Å². The van der Waals surface area contributed by atoms with E-state index in [9.17, 15) is 14.7 Å². The smallest absolute Gasteiger partial charge is 0.407 e. The Hall–Kier alpha value is -4.13. The maximum Gasteiger partial charge on any atom is 0.407 e. The van der Waals surface area contributed by atoms with Crippen LogP contribution in [0.4, 0.5) is 4.79 Å². The van der Waals surface area contributed by atoms with Crippen molar-refractivity contribution in [3.63, 3.8) is 0 Å². The molecule has 0 unspecified atom stereocenters. The van der Waals surface area contributed by atoms with Gasteiger partial charge in [-0.1, -0.05) is 12.1 Å². The minimum absolute atomic E-state index is 0.121. The lowest BCUT2D eigenvalue weighted by molar-refractivity contribution is 0.0901. The van der Waals surface area contributed by atoms with Crippen LogP contribution in [0.3, 0.4) is 0 Å². The molecule has 3 heterocycles. The van der Waals surface area contributed by atoms with Crippen molar-refractivity contribution in [1.82, 2.24) is 25.0 Å². The lowest BCUT2D eigenvalue weighted by atomic mass is 10.1. The van der Waals surface area contributed by atoms with Crippen molar-refractivity contribution in [3.8, 4) is 17.4 Å². The van der Waals surface area contributed by atoms with Gasteiger partial charge in [0, 0.05) is 30.5 Å². The molecule has 0 saturated carbocycles. The lowest BCUT2D eigenvalue weighted by Crippen LogP contribution is -2.39. The number of aromatic nitrogens is 3. The van der Waals surface area contributed by atoms with Gasteiger partial charge in [-0.3, -0.25) is 9.48 Å². The first-order valence-corrected chi connectivity index (χ1v) is 9.27. The number of nitrogens with one attached hydrogen (secondary N) is 1. The predicted molar refractivity (Wildman–Crippen MR) is 103 cm³/mol. The van der Waals surface area contributed by atoms with Crippen molar-refractivity contribution in [1.29, 1.82) is 5.26 Å². The first-order valence-electron chi connectivity index (χ1n) is 9.27. The van der Waals surface area contributed by atoms with E-state index in [1.807, 2.05) is 6.07 Å². The van der Waals surface area contributed by atoms with Gasteiger partial charge in [0.25, 0.3) is 5.89 Å². The number of carbonyl (C=O) groups is 2. The normalized spacial score (nSPS) is 18.2. The highest BCUT2D eigenvalue weighted by Gasteiger charge is 2.36. The molecule has 1 aliphatic heterocycles. The van der Waals surface area contributed by atoms with Gasteiger partial charge in [-0.15, -0.1) is 0 Å². The molecule has 1 saturated heterocycles. The quantitative estimate of drug-likeness (QED) is 0.660. The van der Waals surface area contributed by atoms with Gasteiger partial charge in [0.05, 0.1) is 30.4 Å². The summed E-state index contributed by atoms with van der Waals surface area (Å²) in [7, 11) is 0. The van der Waals surface area contributed by atoms with Crippen molar-refractivity contribution in [3.05, 3.63) is 60.4 Å². The molecule has 0 aliphatic carbocycles. The van der Waals surface area contributed by atoms with Gasteiger partial charge >= 0.3 is 12.0 Å². The maximum atomic E-state index is 12.6. The number of hydrogen-bond donors (Lipinski definition) is 2. The molecule has 30 heavy (non-hydrogen) atoms. The van der Waals surface area contributed by atoms with Crippen LogP contribution in [0.5, 0.6) is 0 Å². The topological polar surface area (TPSA) is 137 Å². The summed E-state index contributed by atoms with van der Waals surface area (Å²) >= 11 is 0. The molecule has 0 spiro atoms. The largest absolute Gasteiger partial charge is 0.465 e. The van der Waals surface area contributed by atoms with Crippen LogP contribution in [0.25, 0.3) is 11.3 Å². The van der Waals surface area contributed by atoms with Gasteiger partial charge < -0.3 is 19.7 Å². The Morgan fingerprint density at radius 2 is 2.23 bits per heavy atom. The van der Waals surface area contributed by atoms with E-state index in [1.165, 1.54) is 11.1 Å². The van der Waals surface area contributed by atoms with E-state index < -0.39 is 12.0 Å². The maximum absolute atomic E-state index is 12.6. The molecule has 1 aliphatic rings. The first-order chi connectivity index (χ1) is 14.5. The van der Waals surface area contributed by atoms with Crippen LogP contribution in [0.2, 0.25) is 0 Å². The summed E-state index contributed by atoms with van der Waals surface area (Å²) in [4.78, 5) is 29.5. The fraction of sp³-hybridized carbons (Fsp3) is 0.250. The molecular weight excluding hydrogens is 388 g/mol. The Labute approximate surface area is 171 Å². The van der Waals surface area contributed by atoms with E-state index in [-0.39, 0.29) is 24.5 Å². The standard InChI is InChI=1S/C20H18N6O4/c21-9-13-3-1-4-14(7-13)17-10-22-19(30-17)18(27)24-15-8-16(26(11-15)20(28)29)12-25-6-2-5-23-25/h1-7,10,15-16H,8,11-12H2,(H,24,27)(H,28,29)/t15-,16+/m1/s1. The third kappa shape index (κ3) is 4.00. The molecule has 1 aromatic carbocycles. The van der Waals surface area contributed by atoms with Crippen LogP contribution in [-0.2, 0) is 6.54 Å². The van der Waals surface area contributed by atoms with E-state index in [1.54, 1.807) is 47.4 Å². The molecule has 0 bridgehead atoms. The number of likely N-dealkylation sites (tertiary alicyclic amines) is 1. The van der Waals surface area contributed by atoms with E-state index in [2.05, 4.69) is 15.4 Å². The zero-order valence-electron chi connectivity index (χ0n) is 15.8. The number of carboxylic acid groups (broad SMARTS) is 1. The number of carbonyl (C=O) groups excluding carboxylic acids is 1. The van der Waals surface area contributed by atoms with Crippen molar-refractivity contribution in [2.24, 2.45) is 0 Å². The zero-order valence-corrected chi connectivity index (χ0v) is 15.8. The predicted octanol–water partition coefficient (Wildman–Crippen LogP) is 1.96. The molecule has 3 aromatic rings. The first kappa shape index (κ1) is 19.2. The number of amides is 2. The zero-order chi connectivity index (χ0) is 21.1. The monoisotopic (exact) mass is 406 g/mol. The van der Waals surface area contributed by atoms with E-state index >= 15 is 0 Å². The fourth-order valence-electron chi connectivity index (χ4n) is 3.55. The molecule has 10 heteroatoms. The minimum Gasteiger partial charge on any atom is -0.465 e. The second kappa shape index (κ2) is 8.08. The number of hydrogen-bond acceptors (Lipinski definition) is 6. The SMILES string of the molecule is N#Cc1cccc(-c2cnc(C(=O)N[C@@H]3C[C@@H](Cn4cccn4)N(C(=O)O)C3)o2)c1. The van der Waals surface area contributed by atoms with Crippen molar-refractivity contribution in [2.45, 2.75) is 25.0 Å². The molecule has 2 N–H and O–H groups in total. The van der Waals surface area contributed by atoms with Crippen molar-refractivity contribution >= 4 is 12.0 Å². The van der Waals surface area contributed by atoms with E-state index in [0.29, 0.717) is 29.9 Å². The van der Waals surface area contributed by atoms with Gasteiger partial charge in [0.2, 0.25) is 0 Å². The Kier molecular flexibility index (Phi) is 5.17. The van der Waals surface area contributed by atoms with Gasteiger partial charge in [-0.05, 0) is 24.6 Å². The summed E-state index contributed by atoms with van der Waals surface area (Å²) in [6.45, 7) is 0.578. The highest BCUT2D eigenvalue weighted by molar-refractivity contribution is 5.90. The minimum atomic E-state index is -1.04. The summed E-state index contributed by atoms with van der Waals surface area (Å²) in [5.74, 6) is -0.273. The number of nitrogens with zero attached hydrogens (tertiary/aromatic N) is 5. The van der Waals surface area contributed by atoms with Gasteiger partial charge in [-0.2, -0.15) is 10.4 Å². The Balaban J connectivity index is 1.43. The molecular formula is C20H18N6O4. The van der Waals surface area contributed by atoms with Crippen LogP contribution in [-0.4, -0.2) is 55.4 Å². The lowest BCUT2D eigenvalue weighted by Gasteiger charge is -2.20. The van der Waals surface area contributed by atoms with Crippen LogP contribution in [0.15, 0.2) is 53.3 Å². The van der Waals surface area contributed by atoms with Crippen LogP contribution >= 0.6 is 0 Å². The summed E-state index contributed by atoms with van der Waals surface area (Å²) < 4.78 is 7.22. The number of rotatable bonds is 5. The molecule has 2 aromatic heterocycles. The Morgan fingerprint density at radius 3 is 2.97 bits per heavy atom. The molecule has 4 rings (SSSR count). The van der Waals surface area contributed by atoms with E-state index in [0.717, 1.165) is 0 Å². The number of nitriles is 1. The highest BCUT2D eigenvalue weighted by atomic mass is 16.4. The third-order valence-electron chi connectivity index (χ3n) is 4.93. The molecule has 2 atom stereocenters. The van der Waals surface area contributed by atoms with Crippen molar-refractivity contribution < 1.29 is 19.1 Å². The number of benzene rings is 1. The van der Waals surface area contributed by atoms with Crippen LogP contribution in [0, 0.1) is 11.3 Å². The van der Waals surface area contributed by atoms with Gasteiger partial charge in [0.15, 0.2) is 5.76 Å². The Bertz CT molecular complexity index is 1100. The van der Waals surface area contributed by atoms with Gasteiger partial charge in [0.1, 0.15) is 0 Å². The van der Waals surface area contributed by atoms with Gasteiger partial charge in [-0.25, -0.2) is 9.78 Å². The molecule has 0 radical (unpaired) electrons. The second-order valence-corrected chi connectivity index (χ2v) is 6.95. The van der Waals surface area contributed by atoms with Crippen LogP contribution < -0.4 is 5.32 Å². The fourth-order valence-corrected chi connectivity index (χ4v) is 3.55. The Morgan fingerprint density at radius 1 is 1.37 bits per heavy atom. The molecule has 2 amide bonds. The second-order valence-electron chi connectivity index (χ2n) is 6.95. The summed E-state index contributed by atoms with van der Waals surface area (Å²) in [5, 5.41) is 25.4. The average molecular weight is 406 g/mol. The number of oxazole rings is 1. The summed E-state index contributed by atoms with van der Waals surface area (Å²) in [6, 6.07) is 9.93. The van der Waals surface area contributed by atoms with Crippen molar-refractivity contribution in [2.75, 3.05) is 6.54 Å². The average Bonchev–Trinajstić information content (AvgIpc) is 3.49. The van der Waals surface area contributed by atoms with Crippen LogP contribution in [0.1, 0.15) is 22.7 Å². The highest BCUT2D eigenvalue weighted by Crippen LogP contribution is 2.23.